The zero-order valence-corrected chi connectivity index (χ0v) is 16.1. The lowest BCUT2D eigenvalue weighted by atomic mass is 9.99. The van der Waals surface area contributed by atoms with Gasteiger partial charge in [-0.05, 0) is 61.0 Å². The van der Waals surface area contributed by atoms with Crippen molar-refractivity contribution in [2.24, 2.45) is 5.92 Å². The van der Waals surface area contributed by atoms with E-state index in [1.165, 1.54) is 17.8 Å². The van der Waals surface area contributed by atoms with Crippen molar-refractivity contribution in [3.05, 3.63) is 57.8 Å². The molecule has 3 rings (SSSR count). The molecule has 1 saturated heterocycles. The Bertz CT molecular complexity index is 698. The van der Waals surface area contributed by atoms with E-state index in [0.29, 0.717) is 29.4 Å². The third kappa shape index (κ3) is 5.83. The average molecular weight is 394 g/mol. The topological polar surface area (TPSA) is 70.2 Å². The summed E-state index contributed by atoms with van der Waals surface area (Å²) >= 11 is 1.42. The van der Waals surface area contributed by atoms with Gasteiger partial charge in [0.1, 0.15) is 0 Å². The number of carbonyl (C=O) groups excluding carboxylic acids is 2. The quantitative estimate of drug-likeness (QED) is 0.706. The van der Waals surface area contributed by atoms with Gasteiger partial charge in [0.2, 0.25) is 0 Å². The average Bonchev–Trinajstić information content (AvgIpc) is 3.20. The third-order valence-corrected chi connectivity index (χ3v) is 5.23. The molecule has 26 heavy (non-hydrogen) atoms. The first-order valence-electron chi connectivity index (χ1n) is 8.62. The monoisotopic (exact) mass is 393 g/mol. The minimum atomic E-state index is -0.0714. The van der Waals surface area contributed by atoms with Gasteiger partial charge < -0.3 is 16.0 Å². The smallest absolute Gasteiger partial charge is 0.261 e. The van der Waals surface area contributed by atoms with Crippen LogP contribution >= 0.6 is 23.7 Å². The molecule has 2 heterocycles. The zero-order chi connectivity index (χ0) is 17.5. The Morgan fingerprint density at radius 2 is 1.92 bits per heavy atom. The Kier molecular flexibility index (Phi) is 8.09. The minimum Gasteiger partial charge on any atom is -0.352 e. The summed E-state index contributed by atoms with van der Waals surface area (Å²) in [5.74, 6) is 0.405. The molecule has 2 amide bonds. The van der Waals surface area contributed by atoms with Gasteiger partial charge >= 0.3 is 0 Å². The molecule has 0 radical (unpaired) electrons. The largest absolute Gasteiger partial charge is 0.352 e. The molecule has 2 aromatic rings. The second-order valence-corrected chi connectivity index (χ2v) is 7.23. The van der Waals surface area contributed by atoms with Crippen LogP contribution in [0, 0.1) is 5.92 Å². The van der Waals surface area contributed by atoms with Gasteiger partial charge in [-0.15, -0.1) is 23.7 Å². The SMILES string of the molecule is Cl.O=C(NCC1CCCNC1)c1ccc(CNC(=O)c2cccs2)cc1. The van der Waals surface area contributed by atoms with Crippen molar-refractivity contribution in [2.45, 2.75) is 19.4 Å². The highest BCUT2D eigenvalue weighted by Crippen LogP contribution is 2.10. The van der Waals surface area contributed by atoms with Crippen LogP contribution < -0.4 is 16.0 Å². The van der Waals surface area contributed by atoms with Gasteiger partial charge in [-0.1, -0.05) is 18.2 Å². The minimum absolute atomic E-state index is 0. The molecule has 1 aromatic heterocycles. The van der Waals surface area contributed by atoms with Crippen molar-refractivity contribution >= 4 is 35.6 Å². The summed E-state index contributed by atoms with van der Waals surface area (Å²) in [6.45, 7) is 3.22. The highest BCUT2D eigenvalue weighted by molar-refractivity contribution is 7.12. The molecule has 0 aliphatic carbocycles. The summed E-state index contributed by atoms with van der Waals surface area (Å²) in [5.41, 5.74) is 1.62. The van der Waals surface area contributed by atoms with Gasteiger partial charge in [0.25, 0.3) is 11.8 Å². The van der Waals surface area contributed by atoms with Gasteiger partial charge in [0, 0.05) is 18.7 Å². The van der Waals surface area contributed by atoms with Crippen LogP contribution in [0.3, 0.4) is 0 Å². The molecule has 1 aromatic carbocycles. The van der Waals surface area contributed by atoms with Crippen molar-refractivity contribution in [1.82, 2.24) is 16.0 Å². The summed E-state index contributed by atoms with van der Waals surface area (Å²) in [7, 11) is 0. The van der Waals surface area contributed by atoms with E-state index in [-0.39, 0.29) is 24.2 Å². The van der Waals surface area contributed by atoms with E-state index in [1.54, 1.807) is 18.2 Å². The lowest BCUT2D eigenvalue weighted by Gasteiger charge is -2.22. The number of hydrogen-bond donors (Lipinski definition) is 3. The van der Waals surface area contributed by atoms with Crippen LogP contribution in [0.5, 0.6) is 0 Å². The van der Waals surface area contributed by atoms with Crippen LogP contribution in [0.2, 0.25) is 0 Å². The molecule has 1 unspecified atom stereocenters. The Hall–Kier alpha value is -1.89. The highest BCUT2D eigenvalue weighted by Gasteiger charge is 2.14. The number of rotatable bonds is 6. The van der Waals surface area contributed by atoms with Crippen LogP contribution in [0.4, 0.5) is 0 Å². The number of hydrogen-bond acceptors (Lipinski definition) is 4. The van der Waals surface area contributed by atoms with E-state index in [9.17, 15) is 9.59 Å². The molecular weight excluding hydrogens is 370 g/mol. The summed E-state index contributed by atoms with van der Waals surface area (Å²) in [5, 5.41) is 11.1. The number of carbonyl (C=O) groups is 2. The predicted octanol–water partition coefficient (Wildman–Crippen LogP) is 2.83. The van der Waals surface area contributed by atoms with E-state index in [2.05, 4.69) is 16.0 Å². The van der Waals surface area contributed by atoms with Crippen molar-refractivity contribution < 1.29 is 9.59 Å². The molecule has 1 fully saturated rings. The number of nitrogens with one attached hydrogen (secondary N) is 3. The molecule has 7 heteroatoms. The molecule has 1 atom stereocenters. The number of piperidine rings is 1. The summed E-state index contributed by atoms with van der Waals surface area (Å²) < 4.78 is 0. The molecule has 0 bridgehead atoms. The molecule has 140 valence electrons. The first-order chi connectivity index (χ1) is 12.2. The van der Waals surface area contributed by atoms with Gasteiger partial charge in [0.15, 0.2) is 0 Å². The highest BCUT2D eigenvalue weighted by atomic mass is 35.5. The lowest BCUT2D eigenvalue weighted by molar-refractivity contribution is 0.0939. The second-order valence-electron chi connectivity index (χ2n) is 6.28. The van der Waals surface area contributed by atoms with Crippen LogP contribution in [-0.4, -0.2) is 31.4 Å². The fourth-order valence-corrected chi connectivity index (χ4v) is 3.53. The van der Waals surface area contributed by atoms with Gasteiger partial charge in [0.05, 0.1) is 4.88 Å². The number of amides is 2. The van der Waals surface area contributed by atoms with E-state index in [0.717, 1.165) is 25.1 Å². The number of halogens is 1. The summed E-state index contributed by atoms with van der Waals surface area (Å²) in [4.78, 5) is 24.8. The van der Waals surface area contributed by atoms with Crippen molar-refractivity contribution in [3.8, 4) is 0 Å². The van der Waals surface area contributed by atoms with E-state index < -0.39 is 0 Å². The Labute approximate surface area is 164 Å². The Morgan fingerprint density at radius 1 is 1.12 bits per heavy atom. The fourth-order valence-electron chi connectivity index (χ4n) is 2.89. The summed E-state index contributed by atoms with van der Waals surface area (Å²) in [6, 6.07) is 11.0. The molecule has 1 aliphatic rings. The maximum Gasteiger partial charge on any atom is 0.261 e. The van der Waals surface area contributed by atoms with E-state index in [1.807, 2.05) is 23.6 Å². The zero-order valence-electron chi connectivity index (χ0n) is 14.5. The Morgan fingerprint density at radius 3 is 2.58 bits per heavy atom. The second kappa shape index (κ2) is 10.3. The van der Waals surface area contributed by atoms with Crippen LogP contribution in [0.15, 0.2) is 41.8 Å². The molecule has 1 aliphatic heterocycles. The number of thiophene rings is 1. The van der Waals surface area contributed by atoms with Crippen LogP contribution in [0.1, 0.15) is 38.4 Å². The third-order valence-electron chi connectivity index (χ3n) is 4.36. The summed E-state index contributed by atoms with van der Waals surface area (Å²) in [6.07, 6.45) is 2.34. The van der Waals surface area contributed by atoms with Crippen molar-refractivity contribution in [2.75, 3.05) is 19.6 Å². The molecular formula is C19H24ClN3O2S. The van der Waals surface area contributed by atoms with Crippen LogP contribution in [-0.2, 0) is 6.54 Å². The predicted molar refractivity (Wildman–Crippen MR) is 107 cm³/mol. The fraction of sp³-hybridized carbons (Fsp3) is 0.368. The van der Waals surface area contributed by atoms with Crippen molar-refractivity contribution in [1.29, 1.82) is 0 Å². The Balaban J connectivity index is 0.00000243. The van der Waals surface area contributed by atoms with E-state index >= 15 is 0 Å². The van der Waals surface area contributed by atoms with Gasteiger partial charge in [-0.25, -0.2) is 0 Å². The number of benzene rings is 1. The normalized spacial score (nSPS) is 16.4. The maximum absolute atomic E-state index is 12.2. The molecule has 5 nitrogen and oxygen atoms in total. The first kappa shape index (κ1) is 20.4. The van der Waals surface area contributed by atoms with Gasteiger partial charge in [-0.2, -0.15) is 0 Å². The van der Waals surface area contributed by atoms with Crippen molar-refractivity contribution in [3.63, 3.8) is 0 Å². The van der Waals surface area contributed by atoms with E-state index in [4.69, 9.17) is 0 Å². The first-order valence-corrected chi connectivity index (χ1v) is 9.50. The molecule has 0 spiro atoms. The standard InChI is InChI=1S/C19H23N3O2S.ClH/c23-18(21-13-15-3-1-9-20-11-15)16-7-5-14(6-8-16)12-22-19(24)17-4-2-10-25-17;/h2,4-8,10,15,20H,1,3,9,11-13H2,(H,21,23)(H,22,24);1H. The molecule has 3 N–H and O–H groups in total. The molecule has 0 saturated carbocycles. The maximum atomic E-state index is 12.2. The lowest BCUT2D eigenvalue weighted by Crippen LogP contribution is -2.38. The van der Waals surface area contributed by atoms with Gasteiger partial charge in [-0.3, -0.25) is 9.59 Å². The van der Waals surface area contributed by atoms with Crippen LogP contribution in [0.25, 0.3) is 0 Å².